The van der Waals surface area contributed by atoms with Gasteiger partial charge in [0.1, 0.15) is 0 Å². The maximum Gasteiger partial charge on any atom is -0.0184 e. The summed E-state index contributed by atoms with van der Waals surface area (Å²) >= 11 is 0. The van der Waals surface area contributed by atoms with Crippen LogP contribution in [0.2, 0.25) is 0 Å². The summed E-state index contributed by atoms with van der Waals surface area (Å²) in [5, 5.41) is 0. The van der Waals surface area contributed by atoms with Gasteiger partial charge >= 0.3 is 0 Å². The number of allylic oxidation sites excluding steroid dienone is 5. The Morgan fingerprint density at radius 3 is 1.48 bits per heavy atom. The zero-order valence-electron chi connectivity index (χ0n) is 19.9. The Balaban J connectivity index is -0.0000000869. The van der Waals surface area contributed by atoms with Crippen molar-refractivity contribution in [2.45, 2.75) is 90.0 Å². The average Bonchev–Trinajstić information content (AvgIpc) is 2.78. The highest BCUT2D eigenvalue weighted by Crippen LogP contribution is 2.18. The summed E-state index contributed by atoms with van der Waals surface area (Å²) in [5.41, 5.74) is 5.04. The van der Waals surface area contributed by atoms with Gasteiger partial charge in [-0.15, -0.1) is 13.2 Å². The number of hydrogen-bond acceptors (Lipinski definition) is 0. The van der Waals surface area contributed by atoms with E-state index in [1.54, 1.807) is 0 Å². The van der Waals surface area contributed by atoms with E-state index in [0.29, 0.717) is 0 Å². The van der Waals surface area contributed by atoms with Crippen LogP contribution in [0.3, 0.4) is 0 Å². The number of aryl methyl sites for hydroxylation is 1. The van der Waals surface area contributed by atoms with Gasteiger partial charge in [0, 0.05) is 0 Å². The molecule has 0 unspecified atom stereocenters. The van der Waals surface area contributed by atoms with Crippen molar-refractivity contribution in [1.82, 2.24) is 0 Å². The fourth-order valence-electron chi connectivity index (χ4n) is 1.52. The molecule has 0 aliphatic rings. The van der Waals surface area contributed by atoms with Gasteiger partial charge < -0.3 is 0 Å². The molecule has 0 aliphatic carbocycles. The van der Waals surface area contributed by atoms with Crippen LogP contribution in [0.15, 0.2) is 67.8 Å². The first-order valence-electron chi connectivity index (χ1n) is 10.3. The van der Waals surface area contributed by atoms with Crippen molar-refractivity contribution in [3.05, 3.63) is 78.9 Å². The predicted molar refractivity (Wildman–Crippen MR) is 137 cm³/mol. The lowest BCUT2D eigenvalue weighted by Crippen LogP contribution is -1.84. The molecule has 160 valence electrons. The number of benzene rings is 1. The van der Waals surface area contributed by atoms with E-state index in [1.165, 1.54) is 22.3 Å². The standard InChI is InChI=1S/C16H20.4C2H6.C2H4.CH4/c1-5-13(4)12-15(7-3)16-10-8-14(6-2)9-11-16;5*1-2;/h5,7-12H,3,6H2,1-2,4H3;4*1-2H3;1-2H2;1H4/b13-5-,15-12+;;;;;;. The normalized spacial score (nSPS) is 8.56. The van der Waals surface area contributed by atoms with E-state index in [4.69, 9.17) is 0 Å². The Kier molecular flexibility index (Phi) is 58.3. The van der Waals surface area contributed by atoms with Crippen LogP contribution in [0.4, 0.5) is 0 Å². The summed E-state index contributed by atoms with van der Waals surface area (Å²) in [6.45, 7) is 32.2. The number of rotatable bonds is 4. The van der Waals surface area contributed by atoms with Crippen molar-refractivity contribution < 1.29 is 0 Å². The van der Waals surface area contributed by atoms with E-state index in [2.05, 4.69) is 70.0 Å². The second-order valence-corrected chi connectivity index (χ2v) is 3.89. The highest BCUT2D eigenvalue weighted by Gasteiger charge is 1.97. The molecule has 0 radical (unpaired) electrons. The summed E-state index contributed by atoms with van der Waals surface area (Å²) in [4.78, 5) is 0. The van der Waals surface area contributed by atoms with Crippen LogP contribution < -0.4 is 0 Å². The van der Waals surface area contributed by atoms with Crippen molar-refractivity contribution in [3.63, 3.8) is 0 Å². The zero-order valence-corrected chi connectivity index (χ0v) is 19.9. The lowest BCUT2D eigenvalue weighted by atomic mass is 10.0. The van der Waals surface area contributed by atoms with Crippen LogP contribution in [0.1, 0.15) is 94.7 Å². The van der Waals surface area contributed by atoms with Gasteiger partial charge in [-0.1, -0.05) is 124 Å². The summed E-state index contributed by atoms with van der Waals surface area (Å²) in [7, 11) is 0. The summed E-state index contributed by atoms with van der Waals surface area (Å²) in [5.74, 6) is 0. The first-order valence-corrected chi connectivity index (χ1v) is 10.3. The van der Waals surface area contributed by atoms with Gasteiger partial charge in [-0.25, -0.2) is 0 Å². The van der Waals surface area contributed by atoms with Crippen LogP contribution in [0, 0.1) is 0 Å². The molecule has 27 heavy (non-hydrogen) atoms. The first-order chi connectivity index (χ1) is 12.7. The fraction of sp³-hybridized carbons (Fsp3) is 0.481. The Morgan fingerprint density at radius 2 is 1.22 bits per heavy atom. The molecule has 0 heteroatoms. The largest absolute Gasteiger partial charge is 0.106 e. The van der Waals surface area contributed by atoms with Crippen LogP contribution in [-0.4, -0.2) is 0 Å². The highest BCUT2D eigenvalue weighted by atomic mass is 14.0. The van der Waals surface area contributed by atoms with Crippen molar-refractivity contribution >= 4 is 5.57 Å². The summed E-state index contributed by atoms with van der Waals surface area (Å²) in [6.07, 6.45) is 7.26. The molecule has 1 aromatic carbocycles. The van der Waals surface area contributed by atoms with Crippen LogP contribution in [-0.2, 0) is 6.42 Å². The number of hydrogen-bond donors (Lipinski definition) is 0. The molecule has 0 heterocycles. The van der Waals surface area contributed by atoms with Crippen LogP contribution >= 0.6 is 0 Å². The van der Waals surface area contributed by atoms with Gasteiger partial charge in [0.15, 0.2) is 0 Å². The minimum absolute atomic E-state index is 0. The van der Waals surface area contributed by atoms with Gasteiger partial charge in [-0.3, -0.25) is 0 Å². The topological polar surface area (TPSA) is 0 Å². The molecule has 0 aliphatic heterocycles. The van der Waals surface area contributed by atoms with Crippen molar-refractivity contribution in [1.29, 1.82) is 0 Å². The molecule has 1 aromatic rings. The third-order valence-corrected chi connectivity index (χ3v) is 2.75. The molecule has 0 atom stereocenters. The van der Waals surface area contributed by atoms with Gasteiger partial charge in [-0.2, -0.15) is 0 Å². The maximum absolute atomic E-state index is 3.87. The van der Waals surface area contributed by atoms with Gasteiger partial charge in [0.05, 0.1) is 0 Å². The summed E-state index contributed by atoms with van der Waals surface area (Å²) < 4.78 is 0. The van der Waals surface area contributed by atoms with E-state index in [-0.39, 0.29) is 7.43 Å². The molecular formula is C27H52. The fourth-order valence-corrected chi connectivity index (χ4v) is 1.52. The Morgan fingerprint density at radius 1 is 0.852 bits per heavy atom. The zero-order chi connectivity index (χ0) is 22.0. The average molecular weight is 377 g/mol. The molecule has 0 amide bonds. The quantitative estimate of drug-likeness (QED) is 0.362. The van der Waals surface area contributed by atoms with Crippen LogP contribution in [0.5, 0.6) is 0 Å². The Hall–Kier alpha value is -1.82. The molecule has 0 aromatic heterocycles. The third kappa shape index (κ3) is 24.2. The predicted octanol–water partition coefficient (Wildman–Crippen LogP) is 10.3. The minimum atomic E-state index is 0. The van der Waals surface area contributed by atoms with E-state index in [1.807, 2.05) is 68.4 Å². The summed E-state index contributed by atoms with van der Waals surface area (Å²) in [6, 6.07) is 8.68. The SMILES string of the molecule is C.C=C.C=C/C(=C\C(C)=C/C)c1ccc(CC)cc1.CC.CC.CC.CC. The monoisotopic (exact) mass is 376 g/mol. The maximum atomic E-state index is 3.87. The molecule has 0 bridgehead atoms. The van der Waals surface area contributed by atoms with E-state index >= 15 is 0 Å². The first kappa shape index (κ1) is 40.0. The van der Waals surface area contributed by atoms with Gasteiger partial charge in [-0.05, 0) is 37.0 Å². The van der Waals surface area contributed by atoms with Gasteiger partial charge in [0.25, 0.3) is 0 Å². The molecular weight excluding hydrogens is 324 g/mol. The minimum Gasteiger partial charge on any atom is -0.106 e. The van der Waals surface area contributed by atoms with Crippen molar-refractivity contribution in [3.8, 4) is 0 Å². The smallest absolute Gasteiger partial charge is 0.0184 e. The van der Waals surface area contributed by atoms with Gasteiger partial charge in [0.2, 0.25) is 0 Å². The molecule has 0 saturated heterocycles. The molecule has 1 rings (SSSR count). The lowest BCUT2D eigenvalue weighted by Gasteiger charge is -2.04. The lowest BCUT2D eigenvalue weighted by molar-refractivity contribution is 1.14. The third-order valence-electron chi connectivity index (χ3n) is 2.75. The van der Waals surface area contributed by atoms with E-state index < -0.39 is 0 Å². The van der Waals surface area contributed by atoms with Crippen LogP contribution in [0.25, 0.3) is 5.57 Å². The Labute approximate surface area is 174 Å². The molecule has 0 N–H and O–H groups in total. The van der Waals surface area contributed by atoms with Crippen molar-refractivity contribution in [2.24, 2.45) is 0 Å². The van der Waals surface area contributed by atoms with E-state index in [9.17, 15) is 0 Å². The Bertz CT molecular complexity index is 416. The molecule has 0 fully saturated rings. The molecule has 0 spiro atoms. The highest BCUT2D eigenvalue weighted by molar-refractivity contribution is 5.75. The molecule has 0 nitrogen and oxygen atoms in total. The van der Waals surface area contributed by atoms with E-state index in [0.717, 1.165) is 6.42 Å². The van der Waals surface area contributed by atoms with Crippen molar-refractivity contribution in [2.75, 3.05) is 0 Å². The molecule has 0 saturated carbocycles. The second-order valence-electron chi connectivity index (χ2n) is 3.89. The second kappa shape index (κ2) is 39.3.